The third kappa shape index (κ3) is 2.50. The Morgan fingerprint density at radius 2 is 1.87 bits per heavy atom. The zero-order chi connectivity index (χ0) is 16.8. The van der Waals surface area contributed by atoms with E-state index in [9.17, 15) is 13.2 Å². The van der Waals surface area contributed by atoms with Gasteiger partial charge >= 0.3 is 0 Å². The third-order valence-corrected chi connectivity index (χ3v) is 6.66. The zero-order valence-electron chi connectivity index (χ0n) is 13.8. The van der Waals surface area contributed by atoms with Crippen LogP contribution in [-0.2, 0) is 23.0 Å². The van der Waals surface area contributed by atoms with Crippen molar-refractivity contribution in [2.24, 2.45) is 0 Å². The Labute approximate surface area is 136 Å². The number of aryl methyl sites for hydroxylation is 3. The standard InChI is InChI=1S/C17H22N2O3S/c1-4-18(5-2)23(21,22)14-10-13-7-6-8-19-16(20)9-12(3)15(11-14)17(13)19/h9-11H,4-8H2,1-3H3. The maximum absolute atomic E-state index is 12.8. The molecule has 0 bridgehead atoms. The highest BCUT2D eigenvalue weighted by Gasteiger charge is 2.25. The van der Waals surface area contributed by atoms with E-state index < -0.39 is 10.0 Å². The van der Waals surface area contributed by atoms with E-state index in [0.29, 0.717) is 24.5 Å². The molecular formula is C17H22N2O3S. The summed E-state index contributed by atoms with van der Waals surface area (Å²) in [6.07, 6.45) is 1.67. The van der Waals surface area contributed by atoms with Crippen LogP contribution >= 0.6 is 0 Å². The molecule has 3 rings (SSSR count). The predicted octanol–water partition coefficient (Wildman–Crippen LogP) is 2.29. The second kappa shape index (κ2) is 5.76. The Kier molecular flexibility index (Phi) is 4.06. The van der Waals surface area contributed by atoms with Gasteiger partial charge in [-0.05, 0) is 43.0 Å². The molecule has 0 aliphatic carbocycles. The molecule has 5 nitrogen and oxygen atoms in total. The van der Waals surface area contributed by atoms with Crippen molar-refractivity contribution in [3.8, 4) is 0 Å². The van der Waals surface area contributed by atoms with Crippen molar-refractivity contribution >= 4 is 20.9 Å². The minimum absolute atomic E-state index is 0.00435. The molecule has 6 heteroatoms. The average molecular weight is 334 g/mol. The fourth-order valence-electron chi connectivity index (χ4n) is 3.44. The van der Waals surface area contributed by atoms with Crippen molar-refractivity contribution < 1.29 is 8.42 Å². The van der Waals surface area contributed by atoms with Crippen LogP contribution in [0.5, 0.6) is 0 Å². The molecule has 1 aliphatic heterocycles. The van der Waals surface area contributed by atoms with Crippen LogP contribution < -0.4 is 5.56 Å². The van der Waals surface area contributed by atoms with Crippen LogP contribution in [0, 0.1) is 6.92 Å². The molecule has 0 radical (unpaired) electrons. The predicted molar refractivity (Wildman–Crippen MR) is 91.4 cm³/mol. The Bertz CT molecular complexity index is 925. The highest BCUT2D eigenvalue weighted by molar-refractivity contribution is 7.89. The van der Waals surface area contributed by atoms with Crippen LogP contribution in [0.4, 0.5) is 0 Å². The Morgan fingerprint density at radius 3 is 2.52 bits per heavy atom. The first-order chi connectivity index (χ1) is 10.9. The van der Waals surface area contributed by atoms with E-state index in [-0.39, 0.29) is 5.56 Å². The number of aromatic nitrogens is 1. The summed E-state index contributed by atoms with van der Waals surface area (Å²) in [5.41, 5.74) is 2.69. The van der Waals surface area contributed by atoms with Crippen molar-refractivity contribution in [1.29, 1.82) is 0 Å². The Hall–Kier alpha value is -1.66. The summed E-state index contributed by atoms with van der Waals surface area (Å²) < 4.78 is 28.9. The third-order valence-electron chi connectivity index (χ3n) is 4.63. The van der Waals surface area contributed by atoms with Gasteiger partial charge in [-0.15, -0.1) is 0 Å². The van der Waals surface area contributed by atoms with Crippen molar-refractivity contribution in [2.75, 3.05) is 13.1 Å². The van der Waals surface area contributed by atoms with Gasteiger partial charge in [0, 0.05) is 31.1 Å². The van der Waals surface area contributed by atoms with E-state index in [1.54, 1.807) is 22.8 Å². The van der Waals surface area contributed by atoms with Gasteiger partial charge in [-0.2, -0.15) is 4.31 Å². The molecule has 1 aromatic carbocycles. The minimum atomic E-state index is -3.49. The molecule has 23 heavy (non-hydrogen) atoms. The van der Waals surface area contributed by atoms with Gasteiger partial charge < -0.3 is 4.57 Å². The minimum Gasteiger partial charge on any atom is -0.308 e. The van der Waals surface area contributed by atoms with Gasteiger partial charge in [0.05, 0.1) is 10.4 Å². The number of sulfonamides is 1. The number of rotatable bonds is 4. The number of nitrogens with zero attached hydrogens (tertiary/aromatic N) is 2. The van der Waals surface area contributed by atoms with Crippen molar-refractivity contribution in [3.05, 3.63) is 39.7 Å². The smallest absolute Gasteiger partial charge is 0.251 e. The summed E-state index contributed by atoms with van der Waals surface area (Å²) in [7, 11) is -3.49. The lowest BCUT2D eigenvalue weighted by Crippen LogP contribution is -2.31. The van der Waals surface area contributed by atoms with Gasteiger partial charge in [-0.25, -0.2) is 8.42 Å². The summed E-state index contributed by atoms with van der Waals surface area (Å²) in [6.45, 7) is 7.15. The number of hydrogen-bond donors (Lipinski definition) is 0. The van der Waals surface area contributed by atoms with Gasteiger partial charge in [-0.3, -0.25) is 4.79 Å². The SMILES string of the molecule is CCN(CC)S(=O)(=O)c1cc2c3c(c1)c(C)cc(=O)n3CCC2. The molecule has 0 N–H and O–H groups in total. The summed E-state index contributed by atoms with van der Waals surface area (Å²) in [6, 6.07) is 5.08. The van der Waals surface area contributed by atoms with E-state index in [4.69, 9.17) is 0 Å². The van der Waals surface area contributed by atoms with Crippen LogP contribution in [0.2, 0.25) is 0 Å². The summed E-state index contributed by atoms with van der Waals surface area (Å²) in [4.78, 5) is 12.5. The lowest BCUT2D eigenvalue weighted by Gasteiger charge is -2.23. The molecule has 0 atom stereocenters. The van der Waals surface area contributed by atoms with Crippen LogP contribution in [0.1, 0.15) is 31.4 Å². The molecule has 1 aliphatic rings. The summed E-state index contributed by atoms with van der Waals surface area (Å²) >= 11 is 0. The Morgan fingerprint density at radius 1 is 1.17 bits per heavy atom. The zero-order valence-corrected chi connectivity index (χ0v) is 14.6. The molecule has 1 aromatic heterocycles. The maximum atomic E-state index is 12.8. The van der Waals surface area contributed by atoms with E-state index in [1.807, 2.05) is 20.8 Å². The second-order valence-electron chi connectivity index (χ2n) is 5.99. The number of benzene rings is 1. The van der Waals surface area contributed by atoms with Crippen molar-refractivity contribution in [2.45, 2.75) is 45.1 Å². The monoisotopic (exact) mass is 334 g/mol. The second-order valence-corrected chi connectivity index (χ2v) is 7.93. The molecule has 0 spiro atoms. The Balaban J connectivity index is 2.34. The van der Waals surface area contributed by atoms with Gasteiger partial charge in [0.15, 0.2) is 0 Å². The first-order valence-electron chi connectivity index (χ1n) is 8.07. The van der Waals surface area contributed by atoms with Gasteiger partial charge in [0.25, 0.3) is 5.56 Å². The molecule has 0 fully saturated rings. The fraction of sp³-hybridized carbons (Fsp3) is 0.471. The highest BCUT2D eigenvalue weighted by Crippen LogP contribution is 2.30. The number of hydrogen-bond acceptors (Lipinski definition) is 3. The van der Waals surface area contributed by atoms with Gasteiger partial charge in [0.2, 0.25) is 10.0 Å². The lowest BCUT2D eigenvalue weighted by atomic mass is 9.99. The van der Waals surface area contributed by atoms with Crippen LogP contribution in [0.3, 0.4) is 0 Å². The van der Waals surface area contributed by atoms with E-state index in [2.05, 4.69) is 0 Å². The van der Waals surface area contributed by atoms with Gasteiger partial charge in [-0.1, -0.05) is 13.8 Å². The van der Waals surface area contributed by atoms with E-state index in [0.717, 1.165) is 34.9 Å². The number of pyridine rings is 1. The van der Waals surface area contributed by atoms with Crippen LogP contribution in [0.15, 0.2) is 27.9 Å². The molecule has 0 unspecified atom stereocenters. The first-order valence-corrected chi connectivity index (χ1v) is 9.51. The first kappa shape index (κ1) is 16.2. The van der Waals surface area contributed by atoms with E-state index >= 15 is 0 Å². The quantitative estimate of drug-likeness (QED) is 0.862. The molecular weight excluding hydrogens is 312 g/mol. The summed E-state index contributed by atoms with van der Waals surface area (Å²) in [5, 5.41) is 0.868. The normalized spacial score (nSPS) is 14.6. The molecule has 124 valence electrons. The lowest BCUT2D eigenvalue weighted by molar-refractivity contribution is 0.445. The summed E-state index contributed by atoms with van der Waals surface area (Å²) in [5.74, 6) is 0. The average Bonchev–Trinajstić information content (AvgIpc) is 2.52. The largest absolute Gasteiger partial charge is 0.308 e. The molecule has 0 saturated heterocycles. The maximum Gasteiger partial charge on any atom is 0.251 e. The van der Waals surface area contributed by atoms with E-state index in [1.165, 1.54) is 4.31 Å². The van der Waals surface area contributed by atoms with Gasteiger partial charge in [0.1, 0.15) is 0 Å². The van der Waals surface area contributed by atoms with Crippen molar-refractivity contribution in [3.63, 3.8) is 0 Å². The molecule has 0 amide bonds. The topological polar surface area (TPSA) is 59.4 Å². The van der Waals surface area contributed by atoms with Crippen LogP contribution in [-0.4, -0.2) is 30.4 Å². The molecule has 0 saturated carbocycles. The fourth-order valence-corrected chi connectivity index (χ4v) is 4.97. The highest BCUT2D eigenvalue weighted by atomic mass is 32.2. The molecule has 2 aromatic rings. The van der Waals surface area contributed by atoms with Crippen LogP contribution in [0.25, 0.3) is 10.9 Å². The molecule has 2 heterocycles. The van der Waals surface area contributed by atoms with Crippen molar-refractivity contribution in [1.82, 2.24) is 8.87 Å².